The summed E-state index contributed by atoms with van der Waals surface area (Å²) >= 11 is 7.52. The minimum absolute atomic E-state index is 0.0892. The molecule has 0 unspecified atom stereocenters. The molecule has 3 aromatic rings. The summed E-state index contributed by atoms with van der Waals surface area (Å²) in [5.74, 6) is 0.257. The Morgan fingerprint density at radius 3 is 2.12 bits per heavy atom. The molecule has 0 saturated carbocycles. The van der Waals surface area contributed by atoms with Gasteiger partial charge < -0.3 is 5.32 Å². The third kappa shape index (κ3) is 5.21. The number of anilines is 1. The van der Waals surface area contributed by atoms with Gasteiger partial charge in [0.2, 0.25) is 5.91 Å². The van der Waals surface area contributed by atoms with Crippen molar-refractivity contribution in [2.24, 2.45) is 0 Å². The van der Waals surface area contributed by atoms with Crippen molar-refractivity contribution in [3.8, 4) is 0 Å². The SMILES string of the molecule is O=C(Cc1ccc(Cl)cc1)Nc1ccc(SCCCN2C(=O)c3ccccc3C2=O)cc1. The van der Waals surface area contributed by atoms with Crippen LogP contribution in [0.15, 0.2) is 77.7 Å². The van der Waals surface area contributed by atoms with E-state index in [2.05, 4.69) is 5.32 Å². The largest absolute Gasteiger partial charge is 0.326 e. The van der Waals surface area contributed by atoms with Crippen molar-refractivity contribution in [1.29, 1.82) is 0 Å². The zero-order valence-electron chi connectivity index (χ0n) is 17.2. The first-order chi connectivity index (χ1) is 15.5. The van der Waals surface area contributed by atoms with Crippen LogP contribution in [-0.4, -0.2) is 34.9 Å². The summed E-state index contributed by atoms with van der Waals surface area (Å²) in [7, 11) is 0. The predicted octanol–water partition coefficient (Wildman–Crippen LogP) is 5.30. The Kier molecular flexibility index (Phi) is 6.93. The van der Waals surface area contributed by atoms with Gasteiger partial charge in [-0.3, -0.25) is 19.3 Å². The van der Waals surface area contributed by atoms with E-state index in [9.17, 15) is 14.4 Å². The van der Waals surface area contributed by atoms with Crippen LogP contribution in [0.3, 0.4) is 0 Å². The number of imide groups is 1. The minimum atomic E-state index is -0.214. The van der Waals surface area contributed by atoms with Crippen molar-refractivity contribution < 1.29 is 14.4 Å². The Morgan fingerprint density at radius 2 is 1.50 bits per heavy atom. The lowest BCUT2D eigenvalue weighted by atomic mass is 10.1. The van der Waals surface area contributed by atoms with Gasteiger partial charge in [0.15, 0.2) is 0 Å². The molecule has 1 N–H and O–H groups in total. The summed E-state index contributed by atoms with van der Waals surface area (Å²) in [4.78, 5) is 39.4. The van der Waals surface area contributed by atoms with Crippen LogP contribution >= 0.6 is 23.4 Å². The molecule has 0 saturated heterocycles. The van der Waals surface area contributed by atoms with E-state index in [1.54, 1.807) is 48.2 Å². The second kappa shape index (κ2) is 10.0. The molecule has 3 amide bonds. The average Bonchev–Trinajstić information content (AvgIpc) is 3.04. The number of rotatable bonds is 8. The third-order valence-corrected chi connectivity index (χ3v) is 6.44. The molecule has 0 atom stereocenters. The molecule has 32 heavy (non-hydrogen) atoms. The molecule has 0 aromatic heterocycles. The third-order valence-electron chi connectivity index (χ3n) is 5.09. The molecule has 3 aromatic carbocycles. The summed E-state index contributed by atoms with van der Waals surface area (Å²) in [5, 5.41) is 3.54. The Balaban J connectivity index is 1.21. The highest BCUT2D eigenvalue weighted by Gasteiger charge is 2.34. The molecule has 1 heterocycles. The minimum Gasteiger partial charge on any atom is -0.326 e. The van der Waals surface area contributed by atoms with E-state index in [4.69, 9.17) is 11.6 Å². The van der Waals surface area contributed by atoms with Crippen LogP contribution in [0.4, 0.5) is 5.69 Å². The van der Waals surface area contributed by atoms with E-state index in [0.29, 0.717) is 29.1 Å². The van der Waals surface area contributed by atoms with Gasteiger partial charge in [0, 0.05) is 22.2 Å². The fourth-order valence-electron chi connectivity index (χ4n) is 3.48. The Hall–Kier alpha value is -3.09. The maximum absolute atomic E-state index is 12.4. The van der Waals surface area contributed by atoms with Crippen molar-refractivity contribution in [1.82, 2.24) is 4.90 Å². The van der Waals surface area contributed by atoms with Crippen molar-refractivity contribution in [3.63, 3.8) is 0 Å². The summed E-state index contributed by atoms with van der Waals surface area (Å²) in [5.41, 5.74) is 2.61. The number of halogens is 1. The molecule has 0 aliphatic carbocycles. The predicted molar refractivity (Wildman–Crippen MR) is 127 cm³/mol. The van der Waals surface area contributed by atoms with Gasteiger partial charge in [0.25, 0.3) is 11.8 Å². The number of amides is 3. The number of benzene rings is 3. The lowest BCUT2D eigenvalue weighted by Crippen LogP contribution is -2.30. The molecular formula is C25H21ClN2O3S. The second-order valence-corrected chi connectivity index (χ2v) is 8.99. The number of carbonyl (C=O) groups excluding carboxylic acids is 3. The smallest absolute Gasteiger partial charge is 0.261 e. The van der Waals surface area contributed by atoms with Crippen LogP contribution in [0.25, 0.3) is 0 Å². The fraction of sp³-hybridized carbons (Fsp3) is 0.160. The zero-order valence-corrected chi connectivity index (χ0v) is 18.8. The summed E-state index contributed by atoms with van der Waals surface area (Å²) in [6.45, 7) is 0.401. The van der Waals surface area contributed by atoms with E-state index in [-0.39, 0.29) is 24.1 Å². The van der Waals surface area contributed by atoms with E-state index in [0.717, 1.165) is 21.9 Å². The number of carbonyl (C=O) groups is 3. The van der Waals surface area contributed by atoms with Gasteiger partial charge in [0.1, 0.15) is 0 Å². The van der Waals surface area contributed by atoms with Gasteiger partial charge >= 0.3 is 0 Å². The number of fused-ring (bicyclic) bond motifs is 1. The molecule has 1 aliphatic heterocycles. The molecule has 0 radical (unpaired) electrons. The second-order valence-electron chi connectivity index (χ2n) is 7.39. The monoisotopic (exact) mass is 464 g/mol. The highest BCUT2D eigenvalue weighted by Crippen LogP contribution is 2.25. The summed E-state index contributed by atoms with van der Waals surface area (Å²) in [6.07, 6.45) is 0.987. The van der Waals surface area contributed by atoms with Crippen LogP contribution in [0, 0.1) is 0 Å². The Bertz CT molecular complexity index is 1110. The van der Waals surface area contributed by atoms with Gasteiger partial charge in [-0.05, 0) is 66.3 Å². The van der Waals surface area contributed by atoms with Gasteiger partial charge in [-0.15, -0.1) is 11.8 Å². The zero-order chi connectivity index (χ0) is 22.5. The summed E-state index contributed by atoms with van der Waals surface area (Å²) in [6, 6.07) is 21.8. The van der Waals surface area contributed by atoms with E-state index >= 15 is 0 Å². The normalized spacial score (nSPS) is 12.7. The van der Waals surface area contributed by atoms with Gasteiger partial charge in [0.05, 0.1) is 17.5 Å². The molecule has 5 nitrogen and oxygen atoms in total. The van der Waals surface area contributed by atoms with E-state index in [1.165, 1.54) is 4.90 Å². The maximum atomic E-state index is 12.4. The summed E-state index contributed by atoms with van der Waals surface area (Å²) < 4.78 is 0. The maximum Gasteiger partial charge on any atom is 0.261 e. The Labute approximate surface area is 195 Å². The quantitative estimate of drug-likeness (QED) is 0.279. The van der Waals surface area contributed by atoms with Crippen molar-refractivity contribution in [3.05, 3.63) is 94.5 Å². The lowest BCUT2D eigenvalue weighted by Gasteiger charge is -2.13. The topological polar surface area (TPSA) is 66.5 Å². The van der Waals surface area contributed by atoms with Crippen LogP contribution in [0.5, 0.6) is 0 Å². The first kappa shape index (κ1) is 22.1. The van der Waals surface area contributed by atoms with Crippen LogP contribution in [-0.2, 0) is 11.2 Å². The number of thioether (sulfide) groups is 1. The van der Waals surface area contributed by atoms with E-state index in [1.807, 2.05) is 36.4 Å². The molecule has 0 bridgehead atoms. The first-order valence-electron chi connectivity index (χ1n) is 10.2. The Morgan fingerprint density at radius 1 is 0.875 bits per heavy atom. The molecule has 1 aliphatic rings. The van der Waals surface area contributed by atoms with Crippen LogP contribution < -0.4 is 5.32 Å². The highest BCUT2D eigenvalue weighted by molar-refractivity contribution is 7.99. The molecular weight excluding hydrogens is 444 g/mol. The molecule has 4 rings (SSSR count). The lowest BCUT2D eigenvalue weighted by molar-refractivity contribution is -0.115. The molecule has 0 fully saturated rings. The number of nitrogens with zero attached hydrogens (tertiary/aromatic N) is 1. The highest BCUT2D eigenvalue weighted by atomic mass is 35.5. The van der Waals surface area contributed by atoms with E-state index < -0.39 is 0 Å². The first-order valence-corrected chi connectivity index (χ1v) is 11.6. The van der Waals surface area contributed by atoms with Crippen molar-refractivity contribution in [2.45, 2.75) is 17.7 Å². The molecule has 7 heteroatoms. The van der Waals surface area contributed by atoms with Gasteiger partial charge in [-0.1, -0.05) is 35.9 Å². The molecule has 0 spiro atoms. The van der Waals surface area contributed by atoms with Gasteiger partial charge in [-0.25, -0.2) is 0 Å². The number of hydrogen-bond donors (Lipinski definition) is 1. The standard InChI is InChI=1S/C25H21ClN2O3S/c26-18-8-6-17(7-9-18)16-23(29)27-19-10-12-20(13-11-19)32-15-3-14-28-24(30)21-4-1-2-5-22(21)25(28)31/h1-2,4-13H,3,14-16H2,(H,27,29). The van der Waals surface area contributed by atoms with Crippen LogP contribution in [0.2, 0.25) is 5.02 Å². The van der Waals surface area contributed by atoms with Crippen LogP contribution in [0.1, 0.15) is 32.7 Å². The average molecular weight is 465 g/mol. The van der Waals surface area contributed by atoms with Crippen molar-refractivity contribution in [2.75, 3.05) is 17.6 Å². The number of nitrogens with one attached hydrogen (secondary N) is 1. The number of hydrogen-bond acceptors (Lipinski definition) is 4. The van der Waals surface area contributed by atoms with Gasteiger partial charge in [-0.2, -0.15) is 0 Å². The fourth-order valence-corrected chi connectivity index (χ4v) is 4.45. The molecule has 162 valence electrons. The van der Waals surface area contributed by atoms with Crippen molar-refractivity contribution >= 4 is 46.8 Å².